The first kappa shape index (κ1) is 29.4. The van der Waals surface area contributed by atoms with Gasteiger partial charge in [0.25, 0.3) is 5.91 Å². The van der Waals surface area contributed by atoms with Crippen LogP contribution in [0.4, 0.5) is 4.79 Å². The zero-order valence-electron chi connectivity index (χ0n) is 23.6. The minimum atomic E-state index is -0.860. The lowest BCUT2D eigenvalue weighted by atomic mass is 9.77. The molecule has 10 nitrogen and oxygen atoms in total. The number of likely N-dealkylation sites (tertiary alicyclic amines) is 1. The average Bonchev–Trinajstić information content (AvgIpc) is 2.98. The molecule has 1 aliphatic heterocycles. The third kappa shape index (κ3) is 7.53. The highest BCUT2D eigenvalue weighted by atomic mass is 16.5. The summed E-state index contributed by atoms with van der Waals surface area (Å²) in [5.74, 6) is 0.805. The average molecular weight is 560 g/mol. The molecule has 0 radical (unpaired) electrons. The molecule has 1 fully saturated rings. The predicted molar refractivity (Wildman–Crippen MR) is 156 cm³/mol. The fourth-order valence-electron chi connectivity index (χ4n) is 5.04. The highest BCUT2D eigenvalue weighted by molar-refractivity contribution is 5.97. The van der Waals surface area contributed by atoms with Gasteiger partial charge in [0.05, 0.1) is 12.3 Å². The minimum absolute atomic E-state index is 0.0250. The fourth-order valence-corrected chi connectivity index (χ4v) is 5.04. The van der Waals surface area contributed by atoms with Gasteiger partial charge in [-0.05, 0) is 66.1 Å². The molecule has 0 aliphatic carbocycles. The van der Waals surface area contributed by atoms with Gasteiger partial charge in [-0.2, -0.15) is 0 Å². The summed E-state index contributed by atoms with van der Waals surface area (Å²) in [5.41, 5.74) is 8.92. The Balaban J connectivity index is 1.33. The number of hydrogen-bond acceptors (Lipinski definition) is 6. The van der Waals surface area contributed by atoms with Gasteiger partial charge in [-0.25, -0.2) is 4.79 Å². The van der Waals surface area contributed by atoms with Crippen LogP contribution >= 0.6 is 0 Å². The minimum Gasteiger partial charge on any atom is -0.493 e. The quantitative estimate of drug-likeness (QED) is 0.132. The Kier molecular flexibility index (Phi) is 9.11. The molecule has 216 valence electrons. The van der Waals surface area contributed by atoms with Gasteiger partial charge in [0.2, 0.25) is 0 Å². The smallest absolute Gasteiger partial charge is 0.407 e. The number of amidine groups is 1. The molecule has 2 amide bonds. The van der Waals surface area contributed by atoms with E-state index in [4.69, 9.17) is 15.7 Å². The largest absolute Gasteiger partial charge is 0.493 e. The van der Waals surface area contributed by atoms with Gasteiger partial charge >= 0.3 is 6.09 Å². The molecule has 2 aromatic carbocycles. The number of aromatic nitrogens is 1. The van der Waals surface area contributed by atoms with Crippen molar-refractivity contribution in [2.75, 3.05) is 13.2 Å². The number of carbonyl (C=O) groups excluding carboxylic acids is 1. The topological polar surface area (TPSA) is 150 Å². The lowest BCUT2D eigenvalue weighted by Crippen LogP contribution is -2.52. The summed E-state index contributed by atoms with van der Waals surface area (Å²) in [6.07, 6.45) is 2.29. The zero-order valence-corrected chi connectivity index (χ0v) is 23.6. The number of hydrogen-bond donors (Lipinski definition) is 4. The molecular weight excluding hydrogens is 522 g/mol. The van der Waals surface area contributed by atoms with E-state index in [-0.39, 0.29) is 29.1 Å². The van der Waals surface area contributed by atoms with Crippen LogP contribution in [0.3, 0.4) is 0 Å². The van der Waals surface area contributed by atoms with Crippen LogP contribution in [-0.4, -0.2) is 57.2 Å². The number of rotatable bonds is 8. The summed E-state index contributed by atoms with van der Waals surface area (Å²) in [4.78, 5) is 30.5. The van der Waals surface area contributed by atoms with Gasteiger partial charge in [-0.3, -0.25) is 9.78 Å². The van der Waals surface area contributed by atoms with E-state index in [1.807, 2.05) is 24.3 Å². The number of nitrogens with zero attached hydrogens (tertiary/aromatic N) is 3. The van der Waals surface area contributed by atoms with E-state index >= 15 is 0 Å². The number of amides is 2. The van der Waals surface area contributed by atoms with E-state index in [2.05, 4.69) is 36.2 Å². The van der Waals surface area contributed by atoms with Crippen molar-refractivity contribution in [2.45, 2.75) is 46.2 Å². The van der Waals surface area contributed by atoms with Crippen LogP contribution in [0, 0.1) is 11.3 Å². The summed E-state index contributed by atoms with van der Waals surface area (Å²) in [5, 5.41) is 24.3. The lowest BCUT2D eigenvalue weighted by Gasteiger charge is -2.44. The van der Waals surface area contributed by atoms with Crippen molar-refractivity contribution in [1.82, 2.24) is 15.2 Å². The Hall–Kier alpha value is -4.60. The number of carboxylic acid groups (broad SMARTS) is 1. The van der Waals surface area contributed by atoms with Gasteiger partial charge in [-0.1, -0.05) is 50.2 Å². The molecule has 10 heteroatoms. The second-order valence-electron chi connectivity index (χ2n) is 11.4. The lowest BCUT2D eigenvalue weighted by molar-refractivity contribution is 0.0303. The van der Waals surface area contributed by atoms with Crippen LogP contribution in [0.25, 0.3) is 11.3 Å². The third-order valence-electron chi connectivity index (χ3n) is 7.42. The van der Waals surface area contributed by atoms with Gasteiger partial charge in [0.15, 0.2) is 5.84 Å². The highest BCUT2D eigenvalue weighted by Gasteiger charge is 2.38. The molecule has 2 unspecified atom stereocenters. The molecule has 0 saturated carbocycles. The number of nitrogens with one attached hydrogen (secondary N) is 1. The van der Waals surface area contributed by atoms with Gasteiger partial charge in [0.1, 0.15) is 5.75 Å². The van der Waals surface area contributed by atoms with Crippen molar-refractivity contribution < 1.29 is 24.6 Å². The van der Waals surface area contributed by atoms with Crippen LogP contribution in [0.2, 0.25) is 0 Å². The predicted octanol–water partition coefficient (Wildman–Crippen LogP) is 4.96. The van der Waals surface area contributed by atoms with Crippen molar-refractivity contribution >= 4 is 17.8 Å². The number of benzene rings is 2. The molecule has 1 saturated heterocycles. The first-order chi connectivity index (χ1) is 19.5. The fraction of sp³-hybridized carbons (Fsp3) is 0.355. The second kappa shape index (κ2) is 12.7. The molecule has 3 aromatic rings. The number of pyridine rings is 1. The third-order valence-corrected chi connectivity index (χ3v) is 7.42. The van der Waals surface area contributed by atoms with Crippen LogP contribution in [0.5, 0.6) is 5.75 Å². The van der Waals surface area contributed by atoms with E-state index in [0.717, 1.165) is 29.7 Å². The van der Waals surface area contributed by atoms with Crippen LogP contribution in [-0.2, 0) is 6.54 Å². The number of oxime groups is 1. The summed E-state index contributed by atoms with van der Waals surface area (Å²) in [6, 6.07) is 18.0. The van der Waals surface area contributed by atoms with Gasteiger partial charge in [0, 0.05) is 42.0 Å². The Labute approximate surface area is 239 Å². The van der Waals surface area contributed by atoms with E-state index < -0.39 is 6.09 Å². The Morgan fingerprint density at radius 2 is 1.80 bits per heavy atom. The van der Waals surface area contributed by atoms with Crippen molar-refractivity contribution in [3.8, 4) is 17.0 Å². The summed E-state index contributed by atoms with van der Waals surface area (Å²) in [7, 11) is 0. The van der Waals surface area contributed by atoms with Crippen molar-refractivity contribution in [3.05, 3.63) is 83.6 Å². The second-order valence-corrected chi connectivity index (χ2v) is 11.4. The maximum atomic E-state index is 12.8. The normalized spacial score (nSPS) is 17.6. The monoisotopic (exact) mass is 559 g/mol. The molecule has 1 aliphatic rings. The summed E-state index contributed by atoms with van der Waals surface area (Å²) in [6.45, 7) is 7.60. The number of nitrogens with two attached hydrogens (primary N) is 1. The zero-order chi connectivity index (χ0) is 29.6. The molecule has 0 spiro atoms. The molecule has 2 heterocycles. The summed E-state index contributed by atoms with van der Waals surface area (Å²) >= 11 is 0. The SMILES string of the molecule is CC(C)(C)C1CC(COc2ccc(-c3cc(C(=O)NCc4ccc(C(N)=NO)cc4)ccn3)cc2)CCN1C(=O)O. The molecular formula is C31H37N5O5. The van der Waals surface area contributed by atoms with Crippen LogP contribution < -0.4 is 15.8 Å². The van der Waals surface area contributed by atoms with Gasteiger partial charge in [-0.15, -0.1) is 0 Å². The molecule has 5 N–H and O–H groups in total. The molecule has 41 heavy (non-hydrogen) atoms. The molecule has 1 aromatic heterocycles. The Morgan fingerprint density at radius 3 is 2.44 bits per heavy atom. The van der Waals surface area contributed by atoms with Crippen molar-refractivity contribution in [3.63, 3.8) is 0 Å². The number of carbonyl (C=O) groups is 2. The Morgan fingerprint density at radius 1 is 1.10 bits per heavy atom. The van der Waals surface area contributed by atoms with E-state index in [1.54, 1.807) is 47.5 Å². The van der Waals surface area contributed by atoms with Crippen LogP contribution in [0.15, 0.2) is 72.0 Å². The van der Waals surface area contributed by atoms with Crippen LogP contribution in [0.1, 0.15) is 55.1 Å². The van der Waals surface area contributed by atoms with Crippen molar-refractivity contribution in [2.24, 2.45) is 22.2 Å². The number of ether oxygens (including phenoxy) is 1. The van der Waals surface area contributed by atoms with E-state index in [9.17, 15) is 14.7 Å². The molecule has 0 bridgehead atoms. The summed E-state index contributed by atoms with van der Waals surface area (Å²) < 4.78 is 6.08. The molecule has 2 atom stereocenters. The Bertz CT molecular complexity index is 1380. The van der Waals surface area contributed by atoms with Crippen molar-refractivity contribution in [1.29, 1.82) is 0 Å². The van der Waals surface area contributed by atoms with E-state index in [1.165, 1.54) is 0 Å². The first-order valence-electron chi connectivity index (χ1n) is 13.6. The van der Waals surface area contributed by atoms with Gasteiger partial charge < -0.3 is 31.0 Å². The molecule has 4 rings (SSSR count). The highest BCUT2D eigenvalue weighted by Crippen LogP contribution is 2.35. The maximum absolute atomic E-state index is 12.8. The standard InChI is InChI=1S/C31H37N5O5/c1-31(2,3)27-16-21(13-15-36(27)30(38)39)19-41-25-10-8-22(9-11-25)26-17-24(12-14-33-26)29(37)34-18-20-4-6-23(7-5-20)28(32)35-40/h4-12,14,17,21,27,40H,13,15-16,18-19H2,1-3H3,(H2,32,35)(H,34,37)(H,38,39). The van der Waals surface area contributed by atoms with E-state index in [0.29, 0.717) is 36.5 Å². The first-order valence-corrected chi connectivity index (χ1v) is 13.6. The number of piperidine rings is 1. The maximum Gasteiger partial charge on any atom is 0.407 e.